The van der Waals surface area contributed by atoms with Gasteiger partial charge >= 0.3 is 0 Å². The van der Waals surface area contributed by atoms with Crippen LogP contribution in [0.1, 0.15) is 27.0 Å². The molecule has 28 heavy (non-hydrogen) atoms. The molecule has 0 bridgehead atoms. The Hall–Kier alpha value is -2.44. The molecular weight excluding hydrogens is 370 g/mol. The van der Waals surface area contributed by atoms with Gasteiger partial charge in [-0.1, -0.05) is 34.6 Å². The van der Waals surface area contributed by atoms with Crippen molar-refractivity contribution in [3.63, 3.8) is 0 Å². The van der Waals surface area contributed by atoms with Gasteiger partial charge in [-0.15, -0.1) is 0 Å². The van der Waals surface area contributed by atoms with Gasteiger partial charge in [-0.25, -0.2) is 4.98 Å². The Kier molecular flexibility index (Phi) is 6.01. The zero-order valence-electron chi connectivity index (χ0n) is 17.4. The van der Waals surface area contributed by atoms with Crippen LogP contribution in [0.5, 0.6) is 5.75 Å². The number of methoxy groups -OCH3 is 1. The van der Waals surface area contributed by atoms with E-state index < -0.39 is 0 Å². The number of thiazole rings is 1. The summed E-state index contributed by atoms with van der Waals surface area (Å²) in [5, 5.41) is 0.702. The molecule has 0 aliphatic heterocycles. The van der Waals surface area contributed by atoms with Crippen LogP contribution in [0.15, 0.2) is 30.3 Å². The number of aromatic nitrogens is 1. The molecule has 6 heteroatoms. The number of hydrogen-bond donors (Lipinski definition) is 0. The second kappa shape index (κ2) is 8.29. The van der Waals surface area contributed by atoms with Crippen LogP contribution in [0.25, 0.3) is 10.2 Å². The molecule has 0 fully saturated rings. The summed E-state index contributed by atoms with van der Waals surface area (Å²) in [6.07, 6.45) is 0. The van der Waals surface area contributed by atoms with Gasteiger partial charge in [0.1, 0.15) is 11.3 Å². The third-order valence-corrected chi connectivity index (χ3v) is 5.84. The van der Waals surface area contributed by atoms with Gasteiger partial charge in [0, 0.05) is 18.7 Å². The summed E-state index contributed by atoms with van der Waals surface area (Å²) in [7, 11) is 5.66. The Morgan fingerprint density at radius 3 is 2.36 bits per heavy atom. The van der Waals surface area contributed by atoms with Crippen LogP contribution in [0.3, 0.4) is 0 Å². The van der Waals surface area contributed by atoms with E-state index in [2.05, 4.69) is 17.9 Å². The smallest absolute Gasteiger partial charge is 0.260 e. The average Bonchev–Trinajstić information content (AvgIpc) is 3.07. The third-order valence-electron chi connectivity index (χ3n) is 4.63. The zero-order chi connectivity index (χ0) is 20.4. The maximum absolute atomic E-state index is 13.4. The molecule has 0 saturated carbocycles. The van der Waals surface area contributed by atoms with Crippen molar-refractivity contribution < 1.29 is 9.53 Å². The van der Waals surface area contributed by atoms with Gasteiger partial charge < -0.3 is 9.64 Å². The van der Waals surface area contributed by atoms with Crippen molar-refractivity contribution >= 4 is 32.6 Å². The second-order valence-electron chi connectivity index (χ2n) is 7.40. The van der Waals surface area contributed by atoms with Crippen LogP contribution < -0.4 is 9.64 Å². The van der Waals surface area contributed by atoms with E-state index in [4.69, 9.17) is 9.72 Å². The van der Waals surface area contributed by atoms with E-state index >= 15 is 0 Å². The minimum absolute atomic E-state index is 0.0238. The molecule has 0 atom stereocenters. The standard InChI is InChI=1S/C22H27N3O2S/c1-14-11-15(2)13-17(12-14)21(26)25(10-9-24(4)5)22-23-19-18(27-6)8-7-16(3)20(19)28-22/h7-8,11-13H,9-10H2,1-6H3. The van der Waals surface area contributed by atoms with Gasteiger partial charge in [-0.2, -0.15) is 0 Å². The molecule has 0 aliphatic carbocycles. The second-order valence-corrected chi connectivity index (χ2v) is 8.37. The predicted molar refractivity (Wildman–Crippen MR) is 117 cm³/mol. The number of amides is 1. The highest BCUT2D eigenvalue weighted by atomic mass is 32.1. The first-order chi connectivity index (χ1) is 13.3. The molecule has 5 nitrogen and oxygen atoms in total. The number of ether oxygens (including phenoxy) is 1. The topological polar surface area (TPSA) is 45.7 Å². The van der Waals surface area contributed by atoms with E-state index in [1.165, 1.54) is 0 Å². The summed E-state index contributed by atoms with van der Waals surface area (Å²) in [6.45, 7) is 7.40. The van der Waals surface area contributed by atoms with E-state index in [0.29, 0.717) is 17.2 Å². The maximum atomic E-state index is 13.4. The number of rotatable bonds is 6. The number of anilines is 1. The summed E-state index contributed by atoms with van der Waals surface area (Å²) >= 11 is 1.54. The van der Waals surface area contributed by atoms with Crippen LogP contribution in [0.2, 0.25) is 0 Å². The fourth-order valence-corrected chi connectivity index (χ4v) is 4.29. The highest BCUT2D eigenvalue weighted by molar-refractivity contribution is 7.22. The Labute approximate surface area is 170 Å². The molecule has 0 N–H and O–H groups in total. The third kappa shape index (κ3) is 4.18. The van der Waals surface area contributed by atoms with Gasteiger partial charge in [0.05, 0.1) is 11.8 Å². The van der Waals surface area contributed by atoms with Gasteiger partial charge in [0.15, 0.2) is 5.13 Å². The van der Waals surface area contributed by atoms with E-state index in [0.717, 1.165) is 39.2 Å². The van der Waals surface area contributed by atoms with Crippen LogP contribution in [0.4, 0.5) is 5.13 Å². The normalized spacial score (nSPS) is 11.2. The molecule has 148 valence electrons. The number of benzene rings is 2. The lowest BCUT2D eigenvalue weighted by molar-refractivity contribution is 0.0985. The Morgan fingerprint density at radius 1 is 1.07 bits per heavy atom. The molecule has 1 aromatic heterocycles. The van der Waals surface area contributed by atoms with Crippen LogP contribution in [0, 0.1) is 20.8 Å². The van der Waals surface area contributed by atoms with Crippen molar-refractivity contribution in [3.05, 3.63) is 52.6 Å². The van der Waals surface area contributed by atoms with Crippen LogP contribution in [-0.2, 0) is 0 Å². The Bertz CT molecular complexity index is 990. The number of carbonyl (C=O) groups excluding carboxylic acids is 1. The number of carbonyl (C=O) groups is 1. The molecule has 3 aromatic rings. The number of nitrogens with zero attached hydrogens (tertiary/aromatic N) is 3. The largest absolute Gasteiger partial charge is 0.494 e. The highest BCUT2D eigenvalue weighted by Gasteiger charge is 2.23. The van der Waals surface area contributed by atoms with E-state index in [9.17, 15) is 4.79 Å². The number of aryl methyl sites for hydroxylation is 3. The molecule has 0 aliphatic rings. The van der Waals surface area contributed by atoms with Crippen molar-refractivity contribution in [2.45, 2.75) is 20.8 Å². The number of hydrogen-bond acceptors (Lipinski definition) is 5. The van der Waals surface area contributed by atoms with Crippen molar-refractivity contribution in [1.29, 1.82) is 0 Å². The minimum Gasteiger partial charge on any atom is -0.494 e. The molecule has 0 saturated heterocycles. The van der Waals surface area contributed by atoms with Crippen molar-refractivity contribution in [2.24, 2.45) is 0 Å². The lowest BCUT2D eigenvalue weighted by Gasteiger charge is -2.22. The van der Waals surface area contributed by atoms with E-state index in [1.54, 1.807) is 23.3 Å². The molecule has 1 amide bonds. The SMILES string of the molecule is COc1ccc(C)c2sc(N(CCN(C)C)C(=O)c3cc(C)cc(C)c3)nc12. The zero-order valence-corrected chi connectivity index (χ0v) is 18.2. The molecule has 0 unspecified atom stereocenters. The van der Waals surface area contributed by atoms with Crippen LogP contribution in [-0.4, -0.2) is 50.1 Å². The summed E-state index contributed by atoms with van der Waals surface area (Å²) in [5.74, 6) is 0.707. The summed E-state index contributed by atoms with van der Waals surface area (Å²) in [5.41, 5.74) is 4.80. The van der Waals surface area contributed by atoms with E-state index in [-0.39, 0.29) is 5.91 Å². The first-order valence-corrected chi connectivity index (χ1v) is 10.1. The van der Waals surface area contributed by atoms with Crippen LogP contribution >= 0.6 is 11.3 Å². The monoisotopic (exact) mass is 397 g/mol. The molecule has 2 aromatic carbocycles. The Balaban J connectivity index is 2.08. The molecule has 0 radical (unpaired) electrons. The van der Waals surface area contributed by atoms with Crippen molar-refractivity contribution in [2.75, 3.05) is 39.2 Å². The summed E-state index contributed by atoms with van der Waals surface area (Å²) in [4.78, 5) is 22.1. The lowest BCUT2D eigenvalue weighted by atomic mass is 10.1. The molecular formula is C22H27N3O2S. The fourth-order valence-electron chi connectivity index (χ4n) is 3.22. The number of likely N-dealkylation sites (N-methyl/N-ethyl adjacent to an activating group) is 1. The van der Waals surface area contributed by atoms with Gasteiger partial charge in [0.25, 0.3) is 5.91 Å². The average molecular weight is 398 g/mol. The summed E-state index contributed by atoms with van der Waals surface area (Å²) in [6, 6.07) is 9.91. The first kappa shape index (κ1) is 20.3. The van der Waals surface area contributed by atoms with Crippen molar-refractivity contribution in [3.8, 4) is 5.75 Å². The highest BCUT2D eigenvalue weighted by Crippen LogP contribution is 2.36. The van der Waals surface area contributed by atoms with E-state index in [1.807, 2.05) is 52.2 Å². The quantitative estimate of drug-likeness (QED) is 0.617. The van der Waals surface area contributed by atoms with Crippen molar-refractivity contribution in [1.82, 2.24) is 9.88 Å². The first-order valence-electron chi connectivity index (χ1n) is 9.29. The van der Waals surface area contributed by atoms with Gasteiger partial charge in [0.2, 0.25) is 0 Å². The number of fused-ring (bicyclic) bond motifs is 1. The summed E-state index contributed by atoms with van der Waals surface area (Å²) < 4.78 is 6.54. The van der Waals surface area contributed by atoms with Gasteiger partial charge in [-0.05, 0) is 58.6 Å². The molecule has 0 spiro atoms. The minimum atomic E-state index is -0.0238. The predicted octanol–water partition coefficient (Wildman–Crippen LogP) is 4.44. The van der Waals surface area contributed by atoms with Gasteiger partial charge in [-0.3, -0.25) is 9.69 Å². The molecule has 3 rings (SSSR count). The molecule has 1 heterocycles. The Morgan fingerprint density at radius 2 is 1.75 bits per heavy atom. The maximum Gasteiger partial charge on any atom is 0.260 e. The lowest BCUT2D eigenvalue weighted by Crippen LogP contribution is -2.36. The fraction of sp³-hybridized carbons (Fsp3) is 0.364.